The first-order valence-corrected chi connectivity index (χ1v) is 7.46. The molecule has 0 radical (unpaired) electrons. The van der Waals surface area contributed by atoms with Crippen molar-refractivity contribution >= 4 is 11.8 Å². The summed E-state index contributed by atoms with van der Waals surface area (Å²) in [4.78, 5) is 11.2. The summed E-state index contributed by atoms with van der Waals surface area (Å²) in [6.45, 7) is 9.15. The lowest BCUT2D eigenvalue weighted by Crippen LogP contribution is -2.39. The topological polar surface area (TPSA) is 59.5 Å². The number of methoxy groups -OCH3 is 2. The minimum atomic E-state index is 0.221. The quantitative estimate of drug-likeness (QED) is 0.713. The number of nitrogens with zero attached hydrogens (tertiary/aromatic N) is 3. The highest BCUT2D eigenvalue weighted by Crippen LogP contribution is 2.17. The molecule has 1 heterocycles. The summed E-state index contributed by atoms with van der Waals surface area (Å²) in [6, 6.07) is 2.22. The van der Waals surface area contributed by atoms with Crippen molar-refractivity contribution in [1.29, 1.82) is 0 Å². The Bertz CT molecular complexity index is 415. The molecular formula is C15H28N4O2. The maximum atomic E-state index is 5.27. The average molecular weight is 296 g/mol. The van der Waals surface area contributed by atoms with E-state index < -0.39 is 0 Å². The molecule has 1 aromatic rings. The molecule has 0 amide bonds. The molecule has 1 aromatic heterocycles. The molecule has 0 aromatic carbocycles. The second-order valence-electron chi connectivity index (χ2n) is 5.11. The van der Waals surface area contributed by atoms with Gasteiger partial charge in [0.15, 0.2) is 0 Å². The normalized spacial score (nSPS) is 12.2. The zero-order valence-electron chi connectivity index (χ0n) is 13.8. The van der Waals surface area contributed by atoms with Gasteiger partial charge in [-0.15, -0.1) is 0 Å². The molecule has 0 saturated carbocycles. The predicted molar refractivity (Wildman–Crippen MR) is 86.1 cm³/mol. The largest absolute Gasteiger partial charge is 0.383 e. The van der Waals surface area contributed by atoms with Gasteiger partial charge >= 0.3 is 0 Å². The van der Waals surface area contributed by atoms with Gasteiger partial charge in [0.1, 0.15) is 5.82 Å². The number of nitrogens with one attached hydrogen (secondary N) is 1. The molecule has 0 bridgehead atoms. The Balaban J connectivity index is 2.96. The maximum absolute atomic E-state index is 5.27. The zero-order chi connectivity index (χ0) is 15.7. The molecule has 1 atom stereocenters. The molecule has 0 saturated heterocycles. The molecule has 0 aliphatic rings. The van der Waals surface area contributed by atoms with Crippen LogP contribution in [-0.4, -0.2) is 56.5 Å². The summed E-state index contributed by atoms with van der Waals surface area (Å²) in [5.74, 6) is 1.58. The Hall–Kier alpha value is -1.40. The lowest BCUT2D eigenvalue weighted by molar-refractivity contribution is 0.170. The van der Waals surface area contributed by atoms with E-state index in [4.69, 9.17) is 9.47 Å². The van der Waals surface area contributed by atoms with Crippen LogP contribution in [0.15, 0.2) is 6.07 Å². The second-order valence-corrected chi connectivity index (χ2v) is 5.11. The average Bonchev–Trinajstić information content (AvgIpc) is 2.45. The van der Waals surface area contributed by atoms with E-state index in [2.05, 4.69) is 34.0 Å². The number of ether oxygens (including phenoxy) is 2. The molecule has 0 aliphatic heterocycles. The van der Waals surface area contributed by atoms with Crippen molar-refractivity contribution in [2.45, 2.75) is 33.2 Å². The van der Waals surface area contributed by atoms with E-state index in [0.717, 1.165) is 31.0 Å². The first kappa shape index (κ1) is 17.7. The Morgan fingerprint density at radius 2 is 2.05 bits per heavy atom. The van der Waals surface area contributed by atoms with Crippen LogP contribution >= 0.6 is 0 Å². The summed E-state index contributed by atoms with van der Waals surface area (Å²) < 4.78 is 10.5. The van der Waals surface area contributed by atoms with E-state index in [1.807, 2.05) is 13.0 Å². The van der Waals surface area contributed by atoms with Gasteiger partial charge in [0.25, 0.3) is 0 Å². The van der Waals surface area contributed by atoms with E-state index >= 15 is 0 Å². The fourth-order valence-corrected chi connectivity index (χ4v) is 2.10. The van der Waals surface area contributed by atoms with E-state index in [0.29, 0.717) is 19.2 Å². The van der Waals surface area contributed by atoms with Crippen LogP contribution in [0.25, 0.3) is 0 Å². The van der Waals surface area contributed by atoms with Crippen molar-refractivity contribution < 1.29 is 9.47 Å². The summed E-state index contributed by atoms with van der Waals surface area (Å²) in [5.41, 5.74) is 0.950. The SMILES string of the molecule is CCCNc1nc(C)cc(N(CCOC)C(C)COC)n1. The first-order chi connectivity index (χ1) is 10.1. The van der Waals surface area contributed by atoms with Gasteiger partial charge in [0.2, 0.25) is 5.95 Å². The van der Waals surface area contributed by atoms with Gasteiger partial charge in [-0.1, -0.05) is 6.92 Å². The summed E-state index contributed by atoms with van der Waals surface area (Å²) in [7, 11) is 3.42. The number of hydrogen-bond acceptors (Lipinski definition) is 6. The Labute approximate surface area is 127 Å². The smallest absolute Gasteiger partial charge is 0.224 e. The number of hydrogen-bond donors (Lipinski definition) is 1. The number of aryl methyl sites for hydroxylation is 1. The molecule has 1 unspecified atom stereocenters. The number of anilines is 2. The van der Waals surface area contributed by atoms with Crippen LogP contribution in [0.3, 0.4) is 0 Å². The molecule has 0 aliphatic carbocycles. The first-order valence-electron chi connectivity index (χ1n) is 7.46. The standard InChI is InChI=1S/C15H28N4O2/c1-6-7-16-15-17-12(2)10-14(18-15)19(8-9-20-4)13(3)11-21-5/h10,13H,6-9,11H2,1-5H3,(H,16,17,18). The summed E-state index contributed by atoms with van der Waals surface area (Å²) in [5, 5.41) is 3.25. The van der Waals surface area contributed by atoms with Crippen LogP contribution in [0, 0.1) is 6.92 Å². The fourth-order valence-electron chi connectivity index (χ4n) is 2.10. The van der Waals surface area contributed by atoms with E-state index in [1.165, 1.54) is 0 Å². The van der Waals surface area contributed by atoms with Gasteiger partial charge in [-0.25, -0.2) is 4.98 Å². The third kappa shape index (κ3) is 5.85. The Morgan fingerprint density at radius 1 is 1.29 bits per heavy atom. The van der Waals surface area contributed by atoms with Crippen LogP contribution in [0.4, 0.5) is 11.8 Å². The summed E-state index contributed by atoms with van der Waals surface area (Å²) >= 11 is 0. The molecule has 1 N–H and O–H groups in total. The summed E-state index contributed by atoms with van der Waals surface area (Å²) in [6.07, 6.45) is 1.04. The molecule has 0 spiro atoms. The number of rotatable bonds is 10. The van der Waals surface area contributed by atoms with Crippen LogP contribution in [0.5, 0.6) is 0 Å². The van der Waals surface area contributed by atoms with Crippen molar-refractivity contribution in [3.05, 3.63) is 11.8 Å². The molecular weight excluding hydrogens is 268 g/mol. The number of aromatic nitrogens is 2. The monoisotopic (exact) mass is 296 g/mol. The Morgan fingerprint density at radius 3 is 2.67 bits per heavy atom. The van der Waals surface area contributed by atoms with Gasteiger partial charge in [-0.05, 0) is 20.3 Å². The van der Waals surface area contributed by atoms with Crippen molar-refractivity contribution in [3.8, 4) is 0 Å². The molecule has 6 heteroatoms. The second kappa shape index (κ2) is 9.52. The van der Waals surface area contributed by atoms with Crippen LogP contribution < -0.4 is 10.2 Å². The van der Waals surface area contributed by atoms with Crippen molar-refractivity contribution in [3.63, 3.8) is 0 Å². The minimum absolute atomic E-state index is 0.221. The van der Waals surface area contributed by atoms with E-state index in [1.54, 1.807) is 14.2 Å². The third-order valence-corrected chi connectivity index (χ3v) is 3.14. The maximum Gasteiger partial charge on any atom is 0.224 e. The van der Waals surface area contributed by atoms with Crippen molar-refractivity contribution in [2.75, 3.05) is 50.7 Å². The van der Waals surface area contributed by atoms with Gasteiger partial charge < -0.3 is 19.7 Å². The third-order valence-electron chi connectivity index (χ3n) is 3.14. The van der Waals surface area contributed by atoms with Crippen LogP contribution in [0.1, 0.15) is 26.0 Å². The van der Waals surface area contributed by atoms with Gasteiger partial charge in [0.05, 0.1) is 19.3 Å². The molecule has 120 valence electrons. The van der Waals surface area contributed by atoms with Crippen LogP contribution in [-0.2, 0) is 9.47 Å². The van der Waals surface area contributed by atoms with E-state index in [9.17, 15) is 0 Å². The van der Waals surface area contributed by atoms with Gasteiger partial charge in [-0.2, -0.15) is 4.98 Å². The van der Waals surface area contributed by atoms with Crippen molar-refractivity contribution in [1.82, 2.24) is 9.97 Å². The fraction of sp³-hybridized carbons (Fsp3) is 0.733. The lowest BCUT2D eigenvalue weighted by Gasteiger charge is -2.30. The Kier molecular flexibility index (Phi) is 8.00. The van der Waals surface area contributed by atoms with Crippen LogP contribution in [0.2, 0.25) is 0 Å². The highest BCUT2D eigenvalue weighted by molar-refractivity contribution is 5.45. The highest BCUT2D eigenvalue weighted by atomic mass is 16.5. The molecule has 1 rings (SSSR count). The van der Waals surface area contributed by atoms with Gasteiger partial charge in [0, 0.05) is 39.1 Å². The molecule has 6 nitrogen and oxygen atoms in total. The highest BCUT2D eigenvalue weighted by Gasteiger charge is 2.17. The zero-order valence-corrected chi connectivity index (χ0v) is 13.8. The predicted octanol–water partition coefficient (Wildman–Crippen LogP) is 2.09. The lowest BCUT2D eigenvalue weighted by atomic mass is 10.2. The van der Waals surface area contributed by atoms with Crippen molar-refractivity contribution in [2.24, 2.45) is 0 Å². The molecule has 0 fully saturated rings. The molecule has 21 heavy (non-hydrogen) atoms. The van der Waals surface area contributed by atoms with Gasteiger partial charge in [-0.3, -0.25) is 0 Å². The minimum Gasteiger partial charge on any atom is -0.383 e. The van der Waals surface area contributed by atoms with E-state index in [-0.39, 0.29) is 6.04 Å².